The Morgan fingerprint density at radius 1 is 1.06 bits per heavy atom. The first-order chi connectivity index (χ1) is 17.5. The second kappa shape index (κ2) is 11.7. The molecule has 0 aliphatic carbocycles. The van der Waals surface area contributed by atoms with Gasteiger partial charge in [-0.05, 0) is 66.8 Å². The number of halogens is 1. The number of amides is 1. The molecule has 0 saturated carbocycles. The monoisotopic (exact) mass is 490 g/mol. The number of aliphatic hydroxyl groups excluding tert-OH is 1. The molecule has 1 heterocycles. The van der Waals surface area contributed by atoms with Crippen LogP contribution in [0.4, 0.5) is 4.39 Å². The van der Waals surface area contributed by atoms with Crippen LogP contribution in [0.15, 0.2) is 66.9 Å². The van der Waals surface area contributed by atoms with E-state index in [0.29, 0.717) is 47.8 Å². The second-order valence-electron chi connectivity index (χ2n) is 8.58. The van der Waals surface area contributed by atoms with Gasteiger partial charge in [-0.25, -0.2) is 4.39 Å². The molecule has 36 heavy (non-hydrogen) atoms. The molecule has 0 aliphatic rings. The number of hydrogen-bond acceptors (Lipinski definition) is 4. The van der Waals surface area contributed by atoms with Gasteiger partial charge in [0.2, 0.25) is 0 Å². The van der Waals surface area contributed by atoms with Gasteiger partial charge in [0.25, 0.3) is 5.91 Å². The maximum absolute atomic E-state index is 14.2. The lowest BCUT2D eigenvalue weighted by molar-refractivity contribution is 0.0912. The second-order valence-corrected chi connectivity index (χ2v) is 8.58. The number of carbonyl (C=O) groups is 1. The molecule has 7 heteroatoms. The number of benzene rings is 3. The van der Waals surface area contributed by atoms with E-state index in [1.165, 1.54) is 12.1 Å². The summed E-state index contributed by atoms with van der Waals surface area (Å²) >= 11 is 0. The molecule has 1 aromatic heterocycles. The van der Waals surface area contributed by atoms with Gasteiger partial charge in [0.1, 0.15) is 17.3 Å². The molecule has 0 aliphatic heterocycles. The van der Waals surface area contributed by atoms with Crippen LogP contribution in [0, 0.1) is 5.82 Å². The van der Waals surface area contributed by atoms with Gasteiger partial charge < -0.3 is 24.9 Å². The third kappa shape index (κ3) is 5.86. The van der Waals surface area contributed by atoms with Crippen molar-refractivity contribution in [2.75, 3.05) is 19.8 Å². The van der Waals surface area contributed by atoms with E-state index in [-0.39, 0.29) is 12.5 Å². The van der Waals surface area contributed by atoms with Crippen molar-refractivity contribution in [3.05, 3.63) is 83.8 Å². The van der Waals surface area contributed by atoms with Gasteiger partial charge in [0.15, 0.2) is 0 Å². The third-order valence-electron chi connectivity index (χ3n) is 5.90. The predicted octanol–water partition coefficient (Wildman–Crippen LogP) is 5.49. The zero-order valence-electron chi connectivity index (χ0n) is 20.5. The highest BCUT2D eigenvalue weighted by atomic mass is 19.1. The van der Waals surface area contributed by atoms with Gasteiger partial charge in [-0.2, -0.15) is 0 Å². The van der Waals surface area contributed by atoms with Crippen LogP contribution >= 0.6 is 0 Å². The summed E-state index contributed by atoms with van der Waals surface area (Å²) in [7, 11) is 0. The summed E-state index contributed by atoms with van der Waals surface area (Å²) in [5, 5.41) is 14.0. The van der Waals surface area contributed by atoms with Gasteiger partial charge in [0, 0.05) is 23.2 Å². The summed E-state index contributed by atoms with van der Waals surface area (Å²) in [4.78, 5) is 16.6. The first-order valence-corrected chi connectivity index (χ1v) is 12.2. The number of nitrogens with one attached hydrogen (secondary N) is 2. The minimum Gasteiger partial charge on any atom is -0.494 e. The van der Waals surface area contributed by atoms with Gasteiger partial charge in [-0.1, -0.05) is 31.2 Å². The SMILES string of the molecule is CCCOc1ccc(-c2cc(F)cc(OCC)c2)cc1C(=O)N[C@H](CO)Cc1c[nH]c2ccccc12. The fourth-order valence-corrected chi connectivity index (χ4v) is 4.19. The number of aliphatic hydroxyl groups is 1. The van der Waals surface area contributed by atoms with E-state index in [2.05, 4.69) is 10.3 Å². The van der Waals surface area contributed by atoms with Crippen molar-refractivity contribution in [1.82, 2.24) is 10.3 Å². The van der Waals surface area contributed by atoms with E-state index in [4.69, 9.17) is 9.47 Å². The summed E-state index contributed by atoms with van der Waals surface area (Å²) in [6.45, 7) is 4.46. The zero-order chi connectivity index (χ0) is 25.5. The summed E-state index contributed by atoms with van der Waals surface area (Å²) in [6, 6.07) is 17.1. The van der Waals surface area contributed by atoms with Gasteiger partial charge >= 0.3 is 0 Å². The Morgan fingerprint density at radius 3 is 2.67 bits per heavy atom. The van der Waals surface area contributed by atoms with Crippen LogP contribution in [-0.4, -0.2) is 41.9 Å². The lowest BCUT2D eigenvalue weighted by atomic mass is 10.0. The maximum Gasteiger partial charge on any atom is 0.255 e. The van der Waals surface area contributed by atoms with Crippen LogP contribution in [-0.2, 0) is 6.42 Å². The molecule has 3 N–H and O–H groups in total. The highest BCUT2D eigenvalue weighted by molar-refractivity contribution is 5.98. The highest BCUT2D eigenvalue weighted by Crippen LogP contribution is 2.30. The topological polar surface area (TPSA) is 83.6 Å². The number of aromatic amines is 1. The number of aromatic nitrogens is 1. The lowest BCUT2D eigenvalue weighted by Crippen LogP contribution is -2.39. The smallest absolute Gasteiger partial charge is 0.255 e. The molecule has 0 bridgehead atoms. The molecular weight excluding hydrogens is 459 g/mol. The summed E-state index contributed by atoms with van der Waals surface area (Å²) in [5.74, 6) is 0.0582. The van der Waals surface area contributed by atoms with E-state index in [9.17, 15) is 14.3 Å². The van der Waals surface area contributed by atoms with Crippen LogP contribution in [0.3, 0.4) is 0 Å². The van der Waals surface area contributed by atoms with E-state index < -0.39 is 11.9 Å². The highest BCUT2D eigenvalue weighted by Gasteiger charge is 2.20. The molecule has 1 atom stereocenters. The minimum atomic E-state index is -0.502. The first-order valence-electron chi connectivity index (χ1n) is 12.2. The Hall–Kier alpha value is -3.84. The van der Waals surface area contributed by atoms with Crippen LogP contribution in [0.25, 0.3) is 22.0 Å². The van der Waals surface area contributed by atoms with E-state index in [1.54, 1.807) is 24.3 Å². The van der Waals surface area contributed by atoms with Crippen molar-refractivity contribution < 1.29 is 23.8 Å². The van der Waals surface area contributed by atoms with E-state index in [1.807, 2.05) is 44.3 Å². The number of hydrogen-bond donors (Lipinski definition) is 3. The Labute approximate surface area is 210 Å². The largest absolute Gasteiger partial charge is 0.494 e. The first kappa shape index (κ1) is 25.3. The van der Waals surface area contributed by atoms with Crippen molar-refractivity contribution in [3.8, 4) is 22.6 Å². The fourth-order valence-electron chi connectivity index (χ4n) is 4.19. The molecule has 188 valence electrons. The molecule has 1 amide bonds. The summed E-state index contributed by atoms with van der Waals surface area (Å²) in [6.07, 6.45) is 3.14. The Kier molecular flexibility index (Phi) is 8.23. The lowest BCUT2D eigenvalue weighted by Gasteiger charge is -2.18. The molecule has 4 aromatic rings. The number of fused-ring (bicyclic) bond motifs is 1. The number of carbonyl (C=O) groups excluding carboxylic acids is 1. The Bertz CT molecular complexity index is 1330. The standard InChI is InChI=1S/C29H31FN2O4/c1-3-11-36-28-10-9-19(20-12-22(30)16-24(14-20)35-4-2)15-26(28)29(34)32-23(18-33)13-21-17-31-27-8-6-5-7-25(21)27/h5-10,12,14-17,23,31,33H,3-4,11,13,18H2,1-2H3,(H,32,34)/t23-/m0/s1. The van der Waals surface area contributed by atoms with Crippen molar-refractivity contribution in [3.63, 3.8) is 0 Å². The van der Waals surface area contributed by atoms with Crippen LogP contribution in [0.5, 0.6) is 11.5 Å². The molecule has 4 rings (SSSR count). The normalized spacial score (nSPS) is 11.9. The van der Waals surface area contributed by atoms with Crippen LogP contribution in [0.2, 0.25) is 0 Å². The molecule has 0 saturated heterocycles. The van der Waals surface area contributed by atoms with Crippen LogP contribution < -0.4 is 14.8 Å². The van der Waals surface area contributed by atoms with Crippen molar-refractivity contribution in [2.45, 2.75) is 32.7 Å². The predicted molar refractivity (Wildman–Crippen MR) is 139 cm³/mol. The van der Waals surface area contributed by atoms with Gasteiger partial charge in [0.05, 0.1) is 31.4 Å². The van der Waals surface area contributed by atoms with Crippen molar-refractivity contribution in [1.29, 1.82) is 0 Å². The Balaban J connectivity index is 1.61. The van der Waals surface area contributed by atoms with Gasteiger partial charge in [-0.15, -0.1) is 0 Å². The van der Waals surface area contributed by atoms with Crippen molar-refractivity contribution >= 4 is 16.8 Å². The van der Waals surface area contributed by atoms with E-state index in [0.717, 1.165) is 22.9 Å². The molecular formula is C29H31FN2O4. The van der Waals surface area contributed by atoms with E-state index >= 15 is 0 Å². The summed E-state index contributed by atoms with van der Waals surface area (Å²) in [5.41, 5.74) is 3.57. The van der Waals surface area contributed by atoms with Gasteiger partial charge in [-0.3, -0.25) is 4.79 Å². The molecule has 0 unspecified atom stereocenters. The Morgan fingerprint density at radius 2 is 1.89 bits per heavy atom. The summed E-state index contributed by atoms with van der Waals surface area (Å²) < 4.78 is 25.5. The maximum atomic E-state index is 14.2. The quantitative estimate of drug-likeness (QED) is 0.259. The molecule has 0 spiro atoms. The molecule has 0 fully saturated rings. The number of rotatable bonds is 11. The average Bonchev–Trinajstić information content (AvgIpc) is 3.29. The number of H-pyrrole nitrogens is 1. The van der Waals surface area contributed by atoms with Crippen molar-refractivity contribution in [2.24, 2.45) is 0 Å². The number of para-hydroxylation sites is 1. The number of ether oxygens (including phenoxy) is 2. The van der Waals surface area contributed by atoms with Crippen LogP contribution in [0.1, 0.15) is 36.2 Å². The third-order valence-corrected chi connectivity index (χ3v) is 5.90. The zero-order valence-corrected chi connectivity index (χ0v) is 20.5. The molecule has 6 nitrogen and oxygen atoms in total. The average molecular weight is 491 g/mol. The molecule has 0 radical (unpaired) electrons. The minimum absolute atomic E-state index is 0.225. The molecule has 3 aromatic carbocycles. The fraction of sp³-hybridized carbons (Fsp3) is 0.276.